The quantitative estimate of drug-likeness (QED) is 0.799. The molecule has 0 radical (unpaired) electrons. The molecule has 3 rings (SSSR count). The summed E-state index contributed by atoms with van der Waals surface area (Å²) in [7, 11) is 0. The molecule has 0 spiro atoms. The molecule has 0 unspecified atom stereocenters. The molecule has 0 bridgehead atoms. The number of benzene rings is 1. The van der Waals surface area contributed by atoms with E-state index >= 15 is 0 Å². The molecule has 76 valence electrons. The van der Waals surface area contributed by atoms with Gasteiger partial charge >= 0.3 is 0 Å². The summed E-state index contributed by atoms with van der Waals surface area (Å²) in [5.41, 5.74) is 1.99. The Morgan fingerprint density at radius 2 is 2.27 bits per heavy atom. The molecular formula is C11H9NO2S. The molecule has 1 aromatic carbocycles. The Bertz CT molecular complexity index is 507. The van der Waals surface area contributed by atoms with E-state index in [1.807, 2.05) is 24.3 Å². The number of para-hydroxylation sites is 1. The molecule has 0 atom stereocenters. The van der Waals surface area contributed by atoms with Crippen molar-refractivity contribution in [2.75, 3.05) is 0 Å². The number of thiazole rings is 1. The molecule has 1 aromatic heterocycles. The van der Waals surface area contributed by atoms with Crippen LogP contribution < -0.4 is 4.74 Å². The Hall–Kier alpha value is -1.39. The minimum absolute atomic E-state index is 0.000165. The van der Waals surface area contributed by atoms with Gasteiger partial charge in [0.1, 0.15) is 17.4 Å². The van der Waals surface area contributed by atoms with Crippen molar-refractivity contribution in [1.82, 2.24) is 4.98 Å². The Balaban J connectivity index is 2.20. The van der Waals surface area contributed by atoms with E-state index in [4.69, 9.17) is 9.84 Å². The third kappa shape index (κ3) is 1.33. The summed E-state index contributed by atoms with van der Waals surface area (Å²) in [5.74, 6) is 0.875. The predicted molar refractivity (Wildman–Crippen MR) is 57.8 cm³/mol. The van der Waals surface area contributed by atoms with Crippen LogP contribution in [0.4, 0.5) is 0 Å². The second-order valence-electron chi connectivity index (χ2n) is 3.32. The van der Waals surface area contributed by atoms with E-state index in [2.05, 4.69) is 4.98 Å². The molecule has 0 saturated carbocycles. The minimum Gasteiger partial charge on any atom is -0.487 e. The van der Waals surface area contributed by atoms with Crippen molar-refractivity contribution < 1.29 is 9.84 Å². The van der Waals surface area contributed by atoms with Crippen molar-refractivity contribution in [2.24, 2.45) is 0 Å². The molecule has 1 aliphatic heterocycles. The highest BCUT2D eigenvalue weighted by Crippen LogP contribution is 2.39. The second-order valence-corrected chi connectivity index (χ2v) is 4.49. The van der Waals surface area contributed by atoms with Crippen LogP contribution in [-0.4, -0.2) is 10.1 Å². The summed E-state index contributed by atoms with van der Waals surface area (Å²) in [6, 6.07) is 7.85. The van der Waals surface area contributed by atoms with Crippen LogP contribution in [0.1, 0.15) is 9.88 Å². The number of aromatic nitrogens is 1. The van der Waals surface area contributed by atoms with Gasteiger partial charge in [0.15, 0.2) is 0 Å². The van der Waals surface area contributed by atoms with Gasteiger partial charge in [0, 0.05) is 5.56 Å². The number of fused-ring (bicyclic) bond motifs is 3. The van der Waals surface area contributed by atoms with Crippen LogP contribution in [0.3, 0.4) is 0 Å². The molecule has 1 aliphatic rings. The van der Waals surface area contributed by atoms with Gasteiger partial charge in [0.25, 0.3) is 0 Å². The summed E-state index contributed by atoms with van der Waals surface area (Å²) < 4.78 is 5.60. The van der Waals surface area contributed by atoms with Gasteiger partial charge < -0.3 is 9.84 Å². The van der Waals surface area contributed by atoms with Crippen LogP contribution in [0.25, 0.3) is 11.3 Å². The van der Waals surface area contributed by atoms with Gasteiger partial charge in [0.05, 0.1) is 17.2 Å². The highest BCUT2D eigenvalue weighted by molar-refractivity contribution is 7.12. The van der Waals surface area contributed by atoms with Crippen molar-refractivity contribution in [3.8, 4) is 17.0 Å². The number of hydrogen-bond donors (Lipinski definition) is 1. The Morgan fingerprint density at radius 3 is 3.13 bits per heavy atom. The largest absolute Gasteiger partial charge is 0.487 e. The SMILES string of the molecule is OCc1nc2c(s1)COc1ccccc1-2. The van der Waals surface area contributed by atoms with Crippen LogP contribution in [0, 0.1) is 0 Å². The van der Waals surface area contributed by atoms with E-state index in [0.717, 1.165) is 26.9 Å². The monoisotopic (exact) mass is 219 g/mol. The number of hydrogen-bond acceptors (Lipinski definition) is 4. The summed E-state index contributed by atoms with van der Waals surface area (Å²) >= 11 is 1.51. The fourth-order valence-electron chi connectivity index (χ4n) is 1.71. The molecule has 2 aromatic rings. The van der Waals surface area contributed by atoms with Gasteiger partial charge in [-0.05, 0) is 12.1 Å². The summed E-state index contributed by atoms with van der Waals surface area (Å²) in [6.07, 6.45) is 0. The molecule has 0 saturated heterocycles. The lowest BCUT2D eigenvalue weighted by atomic mass is 10.1. The highest BCUT2D eigenvalue weighted by atomic mass is 32.1. The third-order valence-corrected chi connectivity index (χ3v) is 3.39. The van der Waals surface area contributed by atoms with Crippen molar-refractivity contribution in [3.63, 3.8) is 0 Å². The average Bonchev–Trinajstić information content (AvgIpc) is 2.72. The smallest absolute Gasteiger partial charge is 0.129 e. The van der Waals surface area contributed by atoms with Crippen LogP contribution in [0.15, 0.2) is 24.3 Å². The zero-order valence-electron chi connectivity index (χ0n) is 7.93. The Labute approximate surface area is 91.0 Å². The summed E-state index contributed by atoms with van der Waals surface area (Å²) in [5, 5.41) is 9.79. The van der Waals surface area contributed by atoms with Gasteiger partial charge in [-0.3, -0.25) is 0 Å². The fourth-order valence-corrected chi connectivity index (χ4v) is 2.56. The number of aliphatic hydroxyl groups excluding tert-OH is 1. The molecule has 4 heteroatoms. The van der Waals surface area contributed by atoms with Crippen LogP contribution in [0.5, 0.6) is 5.75 Å². The predicted octanol–water partition coefficient (Wildman–Crippen LogP) is 2.19. The fraction of sp³-hybridized carbons (Fsp3) is 0.182. The highest BCUT2D eigenvalue weighted by Gasteiger charge is 2.20. The number of rotatable bonds is 1. The van der Waals surface area contributed by atoms with E-state index in [-0.39, 0.29) is 6.61 Å². The normalized spacial score (nSPS) is 12.9. The van der Waals surface area contributed by atoms with Crippen molar-refractivity contribution in [3.05, 3.63) is 34.2 Å². The Morgan fingerprint density at radius 1 is 1.40 bits per heavy atom. The number of nitrogens with zero attached hydrogens (tertiary/aromatic N) is 1. The van der Waals surface area contributed by atoms with E-state index in [1.165, 1.54) is 11.3 Å². The average molecular weight is 219 g/mol. The maximum atomic E-state index is 9.04. The standard InChI is InChI=1S/C11H9NO2S/c13-5-10-12-11-7-3-1-2-4-8(7)14-6-9(11)15-10/h1-4,13H,5-6H2. The van der Waals surface area contributed by atoms with Gasteiger partial charge in [-0.1, -0.05) is 12.1 Å². The van der Waals surface area contributed by atoms with Gasteiger partial charge in [0.2, 0.25) is 0 Å². The lowest BCUT2D eigenvalue weighted by molar-refractivity contribution is 0.281. The zero-order chi connectivity index (χ0) is 10.3. The van der Waals surface area contributed by atoms with E-state index in [0.29, 0.717) is 6.61 Å². The molecule has 1 N–H and O–H groups in total. The van der Waals surface area contributed by atoms with Crippen molar-refractivity contribution >= 4 is 11.3 Å². The van der Waals surface area contributed by atoms with Gasteiger partial charge in [-0.25, -0.2) is 4.98 Å². The van der Waals surface area contributed by atoms with E-state index in [9.17, 15) is 0 Å². The molecule has 15 heavy (non-hydrogen) atoms. The van der Waals surface area contributed by atoms with Crippen molar-refractivity contribution in [2.45, 2.75) is 13.2 Å². The Kier molecular flexibility index (Phi) is 1.97. The van der Waals surface area contributed by atoms with Crippen LogP contribution >= 0.6 is 11.3 Å². The molecule has 0 amide bonds. The van der Waals surface area contributed by atoms with Crippen LogP contribution in [-0.2, 0) is 13.2 Å². The number of aliphatic hydroxyl groups is 1. The molecule has 0 aliphatic carbocycles. The first-order valence-electron chi connectivity index (χ1n) is 4.70. The molecule has 3 nitrogen and oxygen atoms in total. The minimum atomic E-state index is -0.000165. The molecule has 0 fully saturated rings. The second kappa shape index (κ2) is 3.32. The molecule has 2 heterocycles. The third-order valence-electron chi connectivity index (χ3n) is 2.38. The maximum absolute atomic E-state index is 9.04. The zero-order valence-corrected chi connectivity index (χ0v) is 8.75. The summed E-state index contributed by atoms with van der Waals surface area (Å²) in [4.78, 5) is 5.49. The van der Waals surface area contributed by atoms with Crippen molar-refractivity contribution in [1.29, 1.82) is 0 Å². The summed E-state index contributed by atoms with van der Waals surface area (Å²) in [6.45, 7) is 0.559. The first-order valence-corrected chi connectivity index (χ1v) is 5.52. The lowest BCUT2D eigenvalue weighted by Crippen LogP contribution is -2.02. The van der Waals surface area contributed by atoms with Crippen LogP contribution in [0.2, 0.25) is 0 Å². The topological polar surface area (TPSA) is 42.4 Å². The lowest BCUT2D eigenvalue weighted by Gasteiger charge is -2.15. The van der Waals surface area contributed by atoms with Gasteiger partial charge in [-0.15, -0.1) is 11.3 Å². The van der Waals surface area contributed by atoms with Gasteiger partial charge in [-0.2, -0.15) is 0 Å². The molecular weight excluding hydrogens is 210 g/mol. The first-order chi connectivity index (χ1) is 7.38. The van der Waals surface area contributed by atoms with E-state index < -0.39 is 0 Å². The van der Waals surface area contributed by atoms with E-state index in [1.54, 1.807) is 0 Å². The maximum Gasteiger partial charge on any atom is 0.129 e. The first kappa shape index (κ1) is 8.88. The number of ether oxygens (including phenoxy) is 1.